The minimum Gasteiger partial charge on any atom is -0.399 e. The van der Waals surface area contributed by atoms with Gasteiger partial charge in [0.1, 0.15) is 0 Å². The predicted octanol–water partition coefficient (Wildman–Crippen LogP) is 1.11. The van der Waals surface area contributed by atoms with Gasteiger partial charge in [-0.3, -0.25) is 4.79 Å². The zero-order valence-corrected chi connectivity index (χ0v) is 13.7. The van der Waals surface area contributed by atoms with E-state index in [1.165, 1.54) is 6.07 Å². The number of nitrogen functional groups attached to an aromatic ring is 1. The van der Waals surface area contributed by atoms with Gasteiger partial charge < -0.3 is 11.1 Å². The fourth-order valence-electron chi connectivity index (χ4n) is 1.93. The summed E-state index contributed by atoms with van der Waals surface area (Å²) in [7, 11) is -3.74. The van der Waals surface area contributed by atoms with Gasteiger partial charge in [-0.25, -0.2) is 8.42 Å². The number of carbonyl (C=O) groups excluding carboxylic acids is 1. The third-order valence-corrected chi connectivity index (χ3v) is 5.02. The van der Waals surface area contributed by atoms with E-state index < -0.39 is 10.0 Å². The predicted molar refractivity (Wildman–Crippen MR) is 83.3 cm³/mol. The molecule has 0 saturated heterocycles. The molecule has 21 heavy (non-hydrogen) atoms. The number of rotatable bonds is 6. The Hall–Kier alpha value is -1.60. The van der Waals surface area contributed by atoms with Gasteiger partial charge in [-0.15, -0.1) is 0 Å². The van der Waals surface area contributed by atoms with Gasteiger partial charge in [0, 0.05) is 18.3 Å². The summed E-state index contributed by atoms with van der Waals surface area (Å²) < 4.78 is 26.4. The van der Waals surface area contributed by atoms with Gasteiger partial charge in [-0.05, 0) is 38.5 Å². The van der Waals surface area contributed by atoms with E-state index in [9.17, 15) is 13.2 Å². The number of hydrogen-bond acceptors (Lipinski definition) is 4. The molecule has 0 unspecified atom stereocenters. The summed E-state index contributed by atoms with van der Waals surface area (Å²) in [4.78, 5) is 12.0. The molecule has 1 rings (SSSR count). The van der Waals surface area contributed by atoms with Crippen molar-refractivity contribution in [1.82, 2.24) is 9.62 Å². The van der Waals surface area contributed by atoms with Crippen LogP contribution in [0.2, 0.25) is 0 Å². The number of sulfonamides is 1. The molecule has 0 aliphatic rings. The lowest BCUT2D eigenvalue weighted by Gasteiger charge is -2.22. The van der Waals surface area contributed by atoms with Crippen LogP contribution in [0, 0.1) is 6.92 Å². The zero-order chi connectivity index (χ0) is 16.2. The fourth-order valence-corrected chi connectivity index (χ4v) is 3.59. The number of aryl methyl sites for hydroxylation is 1. The van der Waals surface area contributed by atoms with Gasteiger partial charge in [-0.2, -0.15) is 4.31 Å². The van der Waals surface area contributed by atoms with E-state index in [1.807, 2.05) is 13.8 Å². The Balaban J connectivity index is 3.08. The van der Waals surface area contributed by atoms with Crippen molar-refractivity contribution in [3.8, 4) is 0 Å². The van der Waals surface area contributed by atoms with Crippen LogP contribution in [0.25, 0.3) is 0 Å². The van der Waals surface area contributed by atoms with Crippen molar-refractivity contribution in [2.45, 2.75) is 38.6 Å². The van der Waals surface area contributed by atoms with Crippen LogP contribution >= 0.6 is 0 Å². The Labute approximate surface area is 126 Å². The first-order valence-electron chi connectivity index (χ1n) is 6.84. The van der Waals surface area contributed by atoms with Gasteiger partial charge in [0.25, 0.3) is 0 Å². The van der Waals surface area contributed by atoms with E-state index >= 15 is 0 Å². The van der Waals surface area contributed by atoms with Crippen LogP contribution in [-0.4, -0.2) is 37.8 Å². The summed E-state index contributed by atoms with van der Waals surface area (Å²) in [5.41, 5.74) is 6.65. The van der Waals surface area contributed by atoms with Crippen LogP contribution < -0.4 is 11.1 Å². The van der Waals surface area contributed by atoms with Crippen molar-refractivity contribution in [3.63, 3.8) is 0 Å². The standard InChI is InChI=1S/C14H23N3O3S/c1-5-17(9-14(18)16-10(2)3)21(19,20)13-8-12(15)7-6-11(13)4/h6-8,10H,5,9,15H2,1-4H3,(H,16,18). The number of carbonyl (C=O) groups is 1. The topological polar surface area (TPSA) is 92.5 Å². The van der Waals surface area contributed by atoms with E-state index in [1.54, 1.807) is 26.0 Å². The molecule has 7 heteroatoms. The molecule has 0 saturated carbocycles. The highest BCUT2D eigenvalue weighted by Crippen LogP contribution is 2.22. The number of nitrogens with two attached hydrogens (primary N) is 1. The summed E-state index contributed by atoms with van der Waals surface area (Å²) in [6.45, 7) is 7.05. The van der Waals surface area contributed by atoms with E-state index in [4.69, 9.17) is 5.73 Å². The maximum Gasteiger partial charge on any atom is 0.243 e. The lowest BCUT2D eigenvalue weighted by molar-refractivity contribution is -0.121. The average Bonchev–Trinajstić information content (AvgIpc) is 2.37. The molecule has 1 amide bonds. The normalized spacial score (nSPS) is 11.9. The van der Waals surface area contributed by atoms with Crippen LogP contribution in [0.4, 0.5) is 5.69 Å². The molecule has 1 aromatic carbocycles. The lowest BCUT2D eigenvalue weighted by Crippen LogP contribution is -2.42. The van der Waals surface area contributed by atoms with Gasteiger partial charge in [0.05, 0.1) is 11.4 Å². The second-order valence-corrected chi connectivity index (χ2v) is 7.08. The van der Waals surface area contributed by atoms with Crippen molar-refractivity contribution >= 4 is 21.6 Å². The minimum absolute atomic E-state index is 0.0342. The number of benzene rings is 1. The molecule has 3 N–H and O–H groups in total. The fraction of sp³-hybridized carbons (Fsp3) is 0.500. The quantitative estimate of drug-likeness (QED) is 0.770. The first-order chi connectivity index (χ1) is 9.68. The highest BCUT2D eigenvalue weighted by molar-refractivity contribution is 7.89. The first-order valence-corrected chi connectivity index (χ1v) is 8.28. The molecule has 0 aliphatic heterocycles. The molecule has 118 valence electrons. The Bertz CT molecular complexity index is 612. The summed E-state index contributed by atoms with van der Waals surface area (Å²) in [5, 5.41) is 2.69. The highest BCUT2D eigenvalue weighted by Gasteiger charge is 2.27. The number of likely N-dealkylation sites (N-methyl/N-ethyl adjacent to an activating group) is 1. The number of anilines is 1. The van der Waals surface area contributed by atoms with Crippen molar-refractivity contribution < 1.29 is 13.2 Å². The molecule has 6 nitrogen and oxygen atoms in total. The molecule has 0 heterocycles. The molecule has 1 aromatic rings. The smallest absolute Gasteiger partial charge is 0.243 e. The molecule has 0 bridgehead atoms. The van der Waals surface area contributed by atoms with Crippen LogP contribution in [0.5, 0.6) is 0 Å². The molecule has 0 aliphatic carbocycles. The maximum absolute atomic E-state index is 12.6. The Kier molecular flexibility index (Phi) is 5.74. The second-order valence-electron chi connectivity index (χ2n) is 5.18. The molecular weight excluding hydrogens is 290 g/mol. The second kappa shape index (κ2) is 6.91. The van der Waals surface area contributed by atoms with E-state index in [2.05, 4.69) is 5.32 Å². The third kappa shape index (κ3) is 4.44. The third-order valence-electron chi connectivity index (χ3n) is 2.95. The maximum atomic E-state index is 12.6. The summed E-state index contributed by atoms with van der Waals surface area (Å²) >= 11 is 0. The van der Waals surface area contributed by atoms with E-state index in [0.29, 0.717) is 11.3 Å². The molecule has 0 atom stereocenters. The Morgan fingerprint density at radius 3 is 2.52 bits per heavy atom. The Morgan fingerprint density at radius 1 is 1.38 bits per heavy atom. The average molecular weight is 313 g/mol. The van der Waals surface area contributed by atoms with Crippen molar-refractivity contribution in [1.29, 1.82) is 0 Å². The van der Waals surface area contributed by atoms with Crippen LogP contribution in [0.15, 0.2) is 23.1 Å². The van der Waals surface area contributed by atoms with Crippen molar-refractivity contribution in [2.24, 2.45) is 0 Å². The van der Waals surface area contributed by atoms with Crippen molar-refractivity contribution in [2.75, 3.05) is 18.8 Å². The lowest BCUT2D eigenvalue weighted by atomic mass is 10.2. The van der Waals surface area contributed by atoms with Crippen LogP contribution in [-0.2, 0) is 14.8 Å². The molecule has 0 radical (unpaired) electrons. The number of hydrogen-bond donors (Lipinski definition) is 2. The Morgan fingerprint density at radius 2 is 2.00 bits per heavy atom. The first kappa shape index (κ1) is 17.5. The largest absolute Gasteiger partial charge is 0.399 e. The molecule has 0 fully saturated rings. The summed E-state index contributed by atoms with van der Waals surface area (Å²) in [6.07, 6.45) is 0. The van der Waals surface area contributed by atoms with E-state index in [-0.39, 0.29) is 29.9 Å². The number of amides is 1. The van der Waals surface area contributed by atoms with Gasteiger partial charge in [0.2, 0.25) is 15.9 Å². The summed E-state index contributed by atoms with van der Waals surface area (Å²) in [6, 6.07) is 4.70. The van der Waals surface area contributed by atoms with Crippen LogP contribution in [0.3, 0.4) is 0 Å². The molecule has 0 aromatic heterocycles. The zero-order valence-electron chi connectivity index (χ0n) is 12.9. The monoisotopic (exact) mass is 313 g/mol. The van der Waals surface area contributed by atoms with Gasteiger partial charge in [-0.1, -0.05) is 13.0 Å². The van der Waals surface area contributed by atoms with Crippen molar-refractivity contribution in [3.05, 3.63) is 23.8 Å². The molecular formula is C14H23N3O3S. The van der Waals surface area contributed by atoms with Gasteiger partial charge in [0.15, 0.2) is 0 Å². The summed E-state index contributed by atoms with van der Waals surface area (Å²) in [5.74, 6) is -0.322. The molecule has 0 spiro atoms. The van der Waals surface area contributed by atoms with E-state index in [0.717, 1.165) is 4.31 Å². The van der Waals surface area contributed by atoms with Crippen LogP contribution in [0.1, 0.15) is 26.3 Å². The SMILES string of the molecule is CCN(CC(=O)NC(C)C)S(=O)(=O)c1cc(N)ccc1C. The number of nitrogens with one attached hydrogen (secondary N) is 1. The minimum atomic E-state index is -3.74. The highest BCUT2D eigenvalue weighted by atomic mass is 32.2. The van der Waals surface area contributed by atoms with Gasteiger partial charge >= 0.3 is 0 Å². The number of nitrogens with zero attached hydrogens (tertiary/aromatic N) is 1.